The van der Waals surface area contributed by atoms with Gasteiger partial charge in [-0.3, -0.25) is 9.59 Å². The lowest BCUT2D eigenvalue weighted by Crippen LogP contribution is -2.35. The van der Waals surface area contributed by atoms with Crippen LogP contribution in [-0.2, 0) is 4.79 Å². The number of carbonyl (C=O) groups excluding carboxylic acids is 2. The summed E-state index contributed by atoms with van der Waals surface area (Å²) in [6.07, 6.45) is 1.36. The van der Waals surface area contributed by atoms with Gasteiger partial charge >= 0.3 is 0 Å². The molecular formula is C23H23N3O6. The highest BCUT2D eigenvalue weighted by molar-refractivity contribution is 6.02. The van der Waals surface area contributed by atoms with Gasteiger partial charge in [0.25, 0.3) is 11.8 Å². The first-order chi connectivity index (χ1) is 15.5. The SMILES string of the molecule is COc1cc(C(=O)NCC(=O)N/N=C\c2c(O)ccc3ccccc23)cc(OC)c1OC. The summed E-state index contributed by atoms with van der Waals surface area (Å²) in [5.74, 6) is -0.00790. The lowest BCUT2D eigenvalue weighted by molar-refractivity contribution is -0.120. The fraction of sp³-hybridized carbons (Fsp3) is 0.174. The molecule has 0 atom stereocenters. The van der Waals surface area contributed by atoms with Crippen LogP contribution in [-0.4, -0.2) is 51.0 Å². The molecule has 0 fully saturated rings. The van der Waals surface area contributed by atoms with E-state index >= 15 is 0 Å². The zero-order valence-electron chi connectivity index (χ0n) is 17.8. The lowest BCUT2D eigenvalue weighted by atomic mass is 10.0. The van der Waals surface area contributed by atoms with Gasteiger partial charge in [0.15, 0.2) is 11.5 Å². The first-order valence-electron chi connectivity index (χ1n) is 9.59. The Balaban J connectivity index is 1.63. The third-order valence-corrected chi connectivity index (χ3v) is 4.67. The number of hydrazone groups is 1. The first kappa shape index (κ1) is 22.4. The number of hydrogen-bond acceptors (Lipinski definition) is 7. The summed E-state index contributed by atoms with van der Waals surface area (Å²) in [4.78, 5) is 24.5. The fourth-order valence-corrected chi connectivity index (χ4v) is 3.10. The molecule has 0 saturated carbocycles. The van der Waals surface area contributed by atoms with Crippen molar-refractivity contribution in [3.8, 4) is 23.0 Å². The second kappa shape index (κ2) is 10.2. The van der Waals surface area contributed by atoms with Gasteiger partial charge in [-0.05, 0) is 29.0 Å². The maximum atomic E-state index is 12.5. The Labute approximate surface area is 184 Å². The number of rotatable bonds is 8. The molecule has 0 bridgehead atoms. The monoisotopic (exact) mass is 437 g/mol. The highest BCUT2D eigenvalue weighted by atomic mass is 16.5. The Kier molecular flexibility index (Phi) is 7.12. The van der Waals surface area contributed by atoms with Crippen LogP contribution in [0.25, 0.3) is 10.8 Å². The number of carbonyl (C=O) groups is 2. The van der Waals surface area contributed by atoms with E-state index in [0.717, 1.165) is 10.8 Å². The first-order valence-corrected chi connectivity index (χ1v) is 9.59. The summed E-state index contributed by atoms with van der Waals surface area (Å²) in [6, 6.07) is 13.8. The van der Waals surface area contributed by atoms with E-state index in [1.165, 1.54) is 39.7 Å². The Morgan fingerprint density at radius 1 is 1.00 bits per heavy atom. The summed E-state index contributed by atoms with van der Waals surface area (Å²) >= 11 is 0. The van der Waals surface area contributed by atoms with Gasteiger partial charge in [-0.25, -0.2) is 5.43 Å². The summed E-state index contributed by atoms with van der Waals surface area (Å²) in [5, 5.41) is 18.2. The average Bonchev–Trinajstić information content (AvgIpc) is 2.82. The summed E-state index contributed by atoms with van der Waals surface area (Å²) in [5.41, 5.74) is 3.04. The fourth-order valence-electron chi connectivity index (χ4n) is 3.10. The van der Waals surface area contributed by atoms with Crippen molar-refractivity contribution in [1.29, 1.82) is 0 Å². The molecule has 9 heteroatoms. The highest BCUT2D eigenvalue weighted by Gasteiger charge is 2.17. The second-order valence-electron chi connectivity index (χ2n) is 6.61. The van der Waals surface area contributed by atoms with Crippen molar-refractivity contribution < 1.29 is 28.9 Å². The number of methoxy groups -OCH3 is 3. The standard InChI is InChI=1S/C23H23N3O6/c1-30-19-10-15(11-20(31-2)22(19)32-3)23(29)24-13-21(28)26-25-12-17-16-7-5-4-6-14(16)8-9-18(17)27/h4-12,27H,13H2,1-3H3,(H,24,29)(H,26,28)/b25-12-. The average molecular weight is 437 g/mol. The van der Waals surface area contributed by atoms with Crippen molar-refractivity contribution in [2.24, 2.45) is 5.10 Å². The molecule has 0 radical (unpaired) electrons. The van der Waals surface area contributed by atoms with Gasteiger partial charge in [-0.2, -0.15) is 5.10 Å². The van der Waals surface area contributed by atoms with Crippen LogP contribution >= 0.6 is 0 Å². The number of ether oxygens (including phenoxy) is 3. The Morgan fingerprint density at radius 3 is 2.34 bits per heavy atom. The van der Waals surface area contributed by atoms with Crippen molar-refractivity contribution in [1.82, 2.24) is 10.7 Å². The number of phenolic OH excluding ortho intramolecular Hbond substituents is 1. The van der Waals surface area contributed by atoms with Crippen LogP contribution in [0.2, 0.25) is 0 Å². The molecule has 9 nitrogen and oxygen atoms in total. The van der Waals surface area contributed by atoms with Gasteiger partial charge in [-0.15, -0.1) is 0 Å². The van der Waals surface area contributed by atoms with Gasteiger partial charge in [0.2, 0.25) is 5.75 Å². The van der Waals surface area contributed by atoms with Crippen LogP contribution in [0, 0.1) is 0 Å². The smallest absolute Gasteiger partial charge is 0.259 e. The lowest BCUT2D eigenvalue weighted by Gasteiger charge is -2.14. The van der Waals surface area contributed by atoms with Crippen LogP contribution < -0.4 is 25.0 Å². The molecule has 0 unspecified atom stereocenters. The number of benzene rings is 3. The molecule has 32 heavy (non-hydrogen) atoms. The molecular weight excluding hydrogens is 414 g/mol. The van der Waals surface area contributed by atoms with E-state index in [1.54, 1.807) is 12.1 Å². The normalized spacial score (nSPS) is 10.7. The number of nitrogens with one attached hydrogen (secondary N) is 2. The van der Waals surface area contributed by atoms with Crippen molar-refractivity contribution in [3.63, 3.8) is 0 Å². The van der Waals surface area contributed by atoms with Crippen LogP contribution in [0.5, 0.6) is 23.0 Å². The molecule has 0 spiro atoms. The number of phenols is 1. The maximum absolute atomic E-state index is 12.5. The molecule has 3 aromatic rings. The minimum Gasteiger partial charge on any atom is -0.507 e. The third-order valence-electron chi connectivity index (χ3n) is 4.67. The van der Waals surface area contributed by atoms with E-state index in [-0.39, 0.29) is 17.9 Å². The molecule has 0 aliphatic rings. The minimum absolute atomic E-state index is 0.0393. The molecule has 3 N–H and O–H groups in total. The molecule has 0 aliphatic heterocycles. The van der Waals surface area contributed by atoms with E-state index in [2.05, 4.69) is 15.8 Å². The van der Waals surface area contributed by atoms with Gasteiger partial charge < -0.3 is 24.6 Å². The van der Waals surface area contributed by atoms with Crippen LogP contribution in [0.15, 0.2) is 53.6 Å². The maximum Gasteiger partial charge on any atom is 0.259 e. The predicted octanol–water partition coefficient (Wildman–Crippen LogP) is 2.45. The molecule has 0 aliphatic carbocycles. The number of nitrogens with zero attached hydrogens (tertiary/aromatic N) is 1. The van der Waals surface area contributed by atoms with Crippen molar-refractivity contribution in [2.75, 3.05) is 27.9 Å². The Morgan fingerprint density at radius 2 is 1.69 bits per heavy atom. The molecule has 0 heterocycles. The Bertz CT molecular complexity index is 1150. The quantitative estimate of drug-likeness (QED) is 0.368. The largest absolute Gasteiger partial charge is 0.507 e. The predicted molar refractivity (Wildman–Crippen MR) is 120 cm³/mol. The number of aromatic hydroxyl groups is 1. The molecule has 3 rings (SSSR count). The van der Waals surface area contributed by atoms with Crippen LogP contribution in [0.1, 0.15) is 15.9 Å². The van der Waals surface area contributed by atoms with Crippen LogP contribution in [0.4, 0.5) is 0 Å². The number of fused-ring (bicyclic) bond motifs is 1. The van der Waals surface area contributed by atoms with Crippen LogP contribution in [0.3, 0.4) is 0 Å². The molecule has 166 valence electrons. The Hall–Kier alpha value is -4.27. The van der Waals surface area contributed by atoms with Crippen molar-refractivity contribution in [2.45, 2.75) is 0 Å². The third kappa shape index (κ3) is 4.89. The molecule has 2 amide bonds. The molecule has 3 aromatic carbocycles. The number of hydrogen-bond donors (Lipinski definition) is 3. The van der Waals surface area contributed by atoms with Gasteiger partial charge in [0, 0.05) is 11.1 Å². The summed E-state index contributed by atoms with van der Waals surface area (Å²) in [6.45, 7) is -0.311. The summed E-state index contributed by atoms with van der Waals surface area (Å²) < 4.78 is 15.7. The van der Waals surface area contributed by atoms with Gasteiger partial charge in [0.1, 0.15) is 5.75 Å². The zero-order valence-corrected chi connectivity index (χ0v) is 17.8. The van der Waals surface area contributed by atoms with Gasteiger partial charge in [-0.1, -0.05) is 30.3 Å². The topological polar surface area (TPSA) is 118 Å². The second-order valence-corrected chi connectivity index (χ2v) is 6.61. The van der Waals surface area contributed by atoms with E-state index in [0.29, 0.717) is 22.8 Å². The van der Waals surface area contributed by atoms with E-state index in [1.807, 2.05) is 24.3 Å². The van der Waals surface area contributed by atoms with E-state index in [4.69, 9.17) is 14.2 Å². The van der Waals surface area contributed by atoms with Crippen molar-refractivity contribution in [3.05, 3.63) is 59.7 Å². The van der Waals surface area contributed by atoms with E-state index < -0.39 is 11.8 Å². The summed E-state index contributed by atoms with van der Waals surface area (Å²) in [7, 11) is 4.35. The van der Waals surface area contributed by atoms with Gasteiger partial charge in [0.05, 0.1) is 34.1 Å². The molecule has 0 aromatic heterocycles. The van der Waals surface area contributed by atoms with E-state index in [9.17, 15) is 14.7 Å². The molecule has 0 saturated heterocycles. The highest BCUT2D eigenvalue weighted by Crippen LogP contribution is 2.38. The minimum atomic E-state index is -0.540. The zero-order chi connectivity index (χ0) is 23.1. The number of amides is 2. The van der Waals surface area contributed by atoms with Crippen molar-refractivity contribution >= 4 is 28.8 Å².